The quantitative estimate of drug-likeness (QED) is 0.0507. The monoisotopic (exact) mass is 1770 g/mol. The summed E-state index contributed by atoms with van der Waals surface area (Å²) >= 11 is 26.3. The fraction of sp³-hybridized carbons (Fsp3) is 0.350. The first kappa shape index (κ1) is 88.1. The van der Waals surface area contributed by atoms with Gasteiger partial charge in [-0.3, -0.25) is 4.98 Å². The Morgan fingerprint density at radius 2 is 1.28 bits per heavy atom. The standard InChI is InChI=1S/C17H16Cl2N2O.C17H22N2.C14H17FN2O.C14H15N3.C13H14ClFN2.C13H16N2.C12H13ClN2S/c18-12-1-2-13(15(19)7-12)10-5-14-11(8-20)9-21-3-4-22-16(6-10)17(14)21;1-11-5-6-14-13(9-11)16-15(17(14,3)4)7-8-19(16)10-12(2)18;1-18-14-8-13-10(7-11(14)15)9-3-2-4-12(9)17(13)6-5-16;1-10(15)9-17-8-6-11-4-5-13-12(14(11)17)3-2-7-16-13;14-10-7-13-9(6-11(10)15)8-2-1-3-12(8)17(13)5-4-16;14-7-6-11-9-15-8-2-4-10-3-1-5-12(11)13(10)15;13-9-5-10-8(1-2-14)7-15-3-4-16-11(6-9)12(10)15/h1-2,5-7,11H,3-4,8-9,20H2;5-9,12H,10,18H2,1-4H3;7-8H,2-6,16H2,1H3;2-8,10H,9,15H2,1H3;6-7H,1-5,16H2;1,3,5,9H,2,4,6-8,14H2;5-7H,1-4,14H2/t;12-;;10-;;;/m.0.1.../s1. The lowest BCUT2D eigenvalue weighted by Gasteiger charge is -2.27. The Morgan fingerprint density at radius 3 is 1.98 bits per heavy atom. The Kier molecular flexibility index (Phi) is 27.0. The van der Waals surface area contributed by atoms with E-state index in [1.165, 1.54) is 141 Å². The molecule has 17 nitrogen and oxygen atoms in total. The van der Waals surface area contributed by atoms with Crippen molar-refractivity contribution in [3.05, 3.63) is 264 Å². The van der Waals surface area contributed by atoms with Crippen LogP contribution in [0.15, 0.2) is 175 Å². The van der Waals surface area contributed by atoms with Crippen molar-refractivity contribution in [2.75, 3.05) is 70.2 Å². The van der Waals surface area contributed by atoms with E-state index in [1.807, 2.05) is 43.1 Å². The van der Waals surface area contributed by atoms with Crippen LogP contribution in [-0.4, -0.2) is 110 Å². The zero-order chi connectivity index (χ0) is 86.9. The van der Waals surface area contributed by atoms with Gasteiger partial charge >= 0.3 is 0 Å². The smallest absolute Gasteiger partial charge is 0.165 e. The minimum absolute atomic E-state index is 0.0987. The lowest BCUT2D eigenvalue weighted by Crippen LogP contribution is -2.31. The van der Waals surface area contributed by atoms with E-state index in [0.717, 1.165) is 165 Å². The predicted molar refractivity (Wildman–Crippen MR) is 514 cm³/mol. The molecule has 4 aliphatic heterocycles. The number of halogens is 6. The SMILES string of the molecule is COc1cc2c(cc1F)c1c(n2CCN)CCC1.C[C@@H](N)Cn1ccc2ccc3ncccc3c21.Cc1ccc2c(c1)-c1c(ccn1C[C@H](C)N)C2(C)C.NCC1CN2CCOc3cc(-c4ccc(Cl)cc4Cl)cc1c32.NCCc1cn2c3c(cc(Cl)cc13)SCC2.NCCc1cn2c3c(cccc13)CCC2.NCCn1c2c(c3cc(F)c(Cl)cc31)CCC2. The molecule has 11 heterocycles. The molecule has 22 rings (SSSR count). The molecule has 648 valence electrons. The van der Waals surface area contributed by atoms with Crippen LogP contribution in [-0.2, 0) is 89.6 Å². The van der Waals surface area contributed by atoms with Crippen molar-refractivity contribution in [2.24, 2.45) is 40.1 Å². The zero-order valence-corrected chi connectivity index (χ0v) is 75.5. The van der Waals surface area contributed by atoms with Crippen LogP contribution in [0, 0.1) is 18.6 Å². The fourth-order valence-electron chi connectivity index (χ4n) is 19.9. The number of para-hydroxylation sites is 1. The van der Waals surface area contributed by atoms with Crippen LogP contribution in [0.25, 0.3) is 87.8 Å². The summed E-state index contributed by atoms with van der Waals surface area (Å²) in [4.78, 5) is 8.06. The highest BCUT2D eigenvalue weighted by Crippen LogP contribution is 2.51. The summed E-state index contributed by atoms with van der Waals surface area (Å²) in [6, 6.07) is 47.1. The van der Waals surface area contributed by atoms with E-state index in [-0.39, 0.29) is 34.2 Å². The Labute approximate surface area is 749 Å². The average Bonchev–Trinajstić information content (AvgIpc) is 1.56. The minimum Gasteiger partial charge on any atom is -0.494 e. The van der Waals surface area contributed by atoms with Gasteiger partial charge in [0.15, 0.2) is 11.6 Å². The van der Waals surface area contributed by atoms with E-state index in [9.17, 15) is 8.78 Å². The molecule has 24 heteroatoms. The molecule has 8 aromatic carbocycles. The molecule has 0 saturated carbocycles. The third-order valence-corrected chi connectivity index (χ3v) is 27.3. The Hall–Kier alpha value is -9.36. The molecular weight excluding hydrogens is 1660 g/mol. The normalized spacial score (nSPS) is 15.5. The van der Waals surface area contributed by atoms with Crippen LogP contribution >= 0.6 is 58.2 Å². The van der Waals surface area contributed by atoms with Crippen LogP contribution in [0.2, 0.25) is 20.1 Å². The van der Waals surface area contributed by atoms with Gasteiger partial charge in [0.1, 0.15) is 18.2 Å². The summed E-state index contributed by atoms with van der Waals surface area (Å²) in [5.41, 5.74) is 68.5. The average molecular weight is 1770 g/mol. The van der Waals surface area contributed by atoms with Gasteiger partial charge in [-0.05, 0) is 239 Å². The molecule has 3 atom stereocenters. The Morgan fingerprint density at radius 1 is 0.597 bits per heavy atom. The zero-order valence-electron chi connectivity index (χ0n) is 71.7. The number of nitrogens with zero attached hydrogens (tertiary/aromatic N) is 8. The molecule has 0 spiro atoms. The molecule has 0 saturated heterocycles. The van der Waals surface area contributed by atoms with Gasteiger partial charge in [0.05, 0.1) is 63.2 Å². The summed E-state index contributed by atoms with van der Waals surface area (Å²) in [6.45, 7) is 22.2. The van der Waals surface area contributed by atoms with Crippen LogP contribution in [0.5, 0.6) is 11.5 Å². The number of aryl methyl sites for hydroxylation is 6. The largest absolute Gasteiger partial charge is 0.494 e. The van der Waals surface area contributed by atoms with Crippen LogP contribution in [0.4, 0.5) is 14.5 Å². The number of aromatic nitrogens is 7. The summed E-state index contributed by atoms with van der Waals surface area (Å²) < 4.78 is 52.0. The highest BCUT2D eigenvalue weighted by atomic mass is 35.5. The number of thioether (sulfide) groups is 1. The molecule has 124 heavy (non-hydrogen) atoms. The summed E-state index contributed by atoms with van der Waals surface area (Å²) in [7, 11) is 1.49. The molecular formula is C100H113Cl4F2N15O2S. The second-order valence-corrected chi connectivity index (χ2v) is 37.1. The van der Waals surface area contributed by atoms with E-state index in [4.69, 9.17) is 96.0 Å². The molecule has 0 fully saturated rings. The highest BCUT2D eigenvalue weighted by Gasteiger charge is 2.39. The molecule has 3 aliphatic carbocycles. The number of pyridine rings is 1. The molecule has 0 amide bonds. The predicted octanol–water partition coefficient (Wildman–Crippen LogP) is 20.0. The number of rotatable bonds is 15. The van der Waals surface area contributed by atoms with Gasteiger partial charge in [0.25, 0.3) is 0 Å². The van der Waals surface area contributed by atoms with Gasteiger partial charge in [-0.2, -0.15) is 0 Å². The van der Waals surface area contributed by atoms with Gasteiger partial charge in [0.2, 0.25) is 0 Å². The third kappa shape index (κ3) is 17.6. The number of methoxy groups -OCH3 is 1. The number of hydrogen-bond acceptors (Lipinski definition) is 12. The van der Waals surface area contributed by atoms with E-state index in [1.54, 1.807) is 30.3 Å². The second kappa shape index (κ2) is 38.1. The van der Waals surface area contributed by atoms with E-state index >= 15 is 0 Å². The van der Waals surface area contributed by atoms with Crippen LogP contribution < -0.4 is 54.5 Å². The van der Waals surface area contributed by atoms with Gasteiger partial charge in [0, 0.05) is 206 Å². The molecule has 7 aromatic heterocycles. The first-order valence-electron chi connectivity index (χ1n) is 43.6. The van der Waals surface area contributed by atoms with Gasteiger partial charge in [-0.1, -0.05) is 108 Å². The van der Waals surface area contributed by atoms with E-state index in [2.05, 4.69) is 181 Å². The lowest BCUT2D eigenvalue weighted by atomic mass is 9.83. The maximum atomic E-state index is 13.8. The summed E-state index contributed by atoms with van der Waals surface area (Å²) in [5.74, 6) is 2.08. The minimum atomic E-state index is -0.334. The molecule has 1 unspecified atom stereocenters. The molecule has 0 radical (unpaired) electrons. The first-order chi connectivity index (χ1) is 60.0. The number of ether oxygens (including phenoxy) is 2. The number of fused-ring (bicyclic) bond motifs is 12. The topological polar surface area (TPSA) is 246 Å². The van der Waals surface area contributed by atoms with Crippen molar-refractivity contribution >= 4 is 129 Å². The second-order valence-electron chi connectivity index (χ2n) is 34.2. The Bertz CT molecular complexity index is 6450. The molecule has 14 N–H and O–H groups in total. The fourth-order valence-corrected chi connectivity index (χ4v) is 21.9. The number of hydrogen-bond donors (Lipinski definition) is 7. The number of anilines is 1. The number of benzene rings is 8. The highest BCUT2D eigenvalue weighted by molar-refractivity contribution is 7.99. The van der Waals surface area contributed by atoms with Crippen molar-refractivity contribution in [1.29, 1.82) is 0 Å². The van der Waals surface area contributed by atoms with Gasteiger partial charge < -0.3 is 81.9 Å². The van der Waals surface area contributed by atoms with Crippen LogP contribution in [0.1, 0.15) is 114 Å². The van der Waals surface area contributed by atoms with Crippen molar-refractivity contribution < 1.29 is 18.3 Å². The molecule has 15 aromatic rings. The molecule has 0 bridgehead atoms. The lowest BCUT2D eigenvalue weighted by molar-refractivity contribution is 0.310. The van der Waals surface area contributed by atoms with Crippen molar-refractivity contribution in [3.8, 4) is 33.9 Å². The molecule has 7 aliphatic rings. The maximum absolute atomic E-state index is 13.8. The van der Waals surface area contributed by atoms with Crippen molar-refractivity contribution in [2.45, 2.75) is 166 Å². The number of nitrogens with two attached hydrogens (primary N) is 7. The van der Waals surface area contributed by atoms with E-state index < -0.39 is 0 Å². The Balaban J connectivity index is 0.000000107. The summed E-state index contributed by atoms with van der Waals surface area (Å²) in [5, 5.41) is 9.45. The van der Waals surface area contributed by atoms with Crippen LogP contribution in [0.3, 0.4) is 0 Å². The van der Waals surface area contributed by atoms with Gasteiger partial charge in [-0.15, -0.1) is 11.8 Å². The van der Waals surface area contributed by atoms with E-state index in [0.29, 0.717) is 54.5 Å². The third-order valence-electron chi connectivity index (χ3n) is 25.3. The maximum Gasteiger partial charge on any atom is 0.165 e. The van der Waals surface area contributed by atoms with Crippen molar-refractivity contribution in [3.63, 3.8) is 0 Å². The summed E-state index contributed by atoms with van der Waals surface area (Å²) in [6.07, 6.45) is 21.5. The first-order valence-corrected chi connectivity index (χ1v) is 46.1. The van der Waals surface area contributed by atoms with Gasteiger partial charge in [-0.25, -0.2) is 8.78 Å². The van der Waals surface area contributed by atoms with Crippen molar-refractivity contribution in [1.82, 2.24) is 32.4 Å².